The van der Waals surface area contributed by atoms with E-state index in [1.165, 1.54) is 6.07 Å². The van der Waals surface area contributed by atoms with Crippen molar-refractivity contribution in [1.29, 1.82) is 0 Å². The molecule has 1 amide bonds. The molecule has 0 saturated carbocycles. The molecule has 0 spiro atoms. The van der Waals surface area contributed by atoms with Crippen LogP contribution in [-0.4, -0.2) is 5.91 Å². The van der Waals surface area contributed by atoms with Gasteiger partial charge in [0.25, 0.3) is 0 Å². The maximum atomic E-state index is 12.3. The third-order valence-electron chi connectivity index (χ3n) is 1.48. The predicted molar refractivity (Wildman–Crippen MR) is 47.5 cm³/mol. The molecule has 0 heterocycles. The molecule has 4 heteroatoms. The number of carbonyl (C=O) groups is 1. The molecule has 1 aromatic carbocycles. The molecular weight excluding hydrogens is 225 g/mol. The third-order valence-corrected chi connectivity index (χ3v) is 1.97. The van der Waals surface area contributed by atoms with Gasteiger partial charge in [0.15, 0.2) is 0 Å². The molecule has 2 N–H and O–H groups in total. The summed E-state index contributed by atoms with van der Waals surface area (Å²) in [7, 11) is 0. The van der Waals surface area contributed by atoms with Crippen molar-refractivity contribution in [2.75, 3.05) is 0 Å². The Hall–Kier alpha value is -0.900. The van der Waals surface area contributed by atoms with E-state index in [0.717, 1.165) is 4.47 Å². The highest BCUT2D eigenvalue weighted by molar-refractivity contribution is 9.10. The van der Waals surface area contributed by atoms with Crippen molar-refractivity contribution in [2.45, 2.75) is 6.67 Å². The SMILES string of the molecule is NC(=O)c1ccc(Br)cc1CF. The van der Waals surface area contributed by atoms with Crippen LogP contribution in [0.15, 0.2) is 22.7 Å². The van der Waals surface area contributed by atoms with E-state index in [-0.39, 0.29) is 5.56 Å². The molecule has 64 valence electrons. The molecule has 1 aromatic rings. The lowest BCUT2D eigenvalue weighted by Gasteiger charge is -2.02. The fraction of sp³-hybridized carbons (Fsp3) is 0.125. The monoisotopic (exact) mass is 231 g/mol. The van der Waals surface area contributed by atoms with Crippen LogP contribution in [0.2, 0.25) is 0 Å². The summed E-state index contributed by atoms with van der Waals surface area (Å²) in [5, 5.41) is 0. The van der Waals surface area contributed by atoms with Crippen molar-refractivity contribution < 1.29 is 9.18 Å². The summed E-state index contributed by atoms with van der Waals surface area (Å²) >= 11 is 3.17. The third kappa shape index (κ3) is 1.82. The summed E-state index contributed by atoms with van der Waals surface area (Å²) in [4.78, 5) is 10.7. The molecule has 0 atom stereocenters. The van der Waals surface area contributed by atoms with E-state index in [1.54, 1.807) is 12.1 Å². The normalized spacial score (nSPS) is 9.83. The Morgan fingerprint density at radius 1 is 1.58 bits per heavy atom. The van der Waals surface area contributed by atoms with Gasteiger partial charge in [0.1, 0.15) is 6.67 Å². The summed E-state index contributed by atoms with van der Waals surface area (Å²) < 4.78 is 13.0. The Balaban J connectivity index is 3.20. The second-order valence-corrected chi connectivity index (χ2v) is 3.22. The standard InChI is InChI=1S/C8H7BrFNO/c9-6-1-2-7(8(11)12)5(3-6)4-10/h1-3H,4H2,(H2,11,12). The van der Waals surface area contributed by atoms with E-state index < -0.39 is 12.6 Å². The Bertz CT molecular complexity index is 314. The first kappa shape index (κ1) is 9.19. The molecule has 0 saturated heterocycles. The van der Waals surface area contributed by atoms with Gasteiger partial charge < -0.3 is 5.73 Å². The van der Waals surface area contributed by atoms with Gasteiger partial charge in [0.2, 0.25) is 5.91 Å². The highest BCUT2D eigenvalue weighted by Crippen LogP contribution is 2.17. The number of hydrogen-bond acceptors (Lipinski definition) is 1. The van der Waals surface area contributed by atoms with E-state index >= 15 is 0 Å². The smallest absolute Gasteiger partial charge is 0.249 e. The molecule has 2 nitrogen and oxygen atoms in total. The Morgan fingerprint density at radius 2 is 2.25 bits per heavy atom. The van der Waals surface area contributed by atoms with E-state index in [4.69, 9.17) is 5.73 Å². The Morgan fingerprint density at radius 3 is 2.75 bits per heavy atom. The number of nitrogens with two attached hydrogens (primary N) is 1. The van der Waals surface area contributed by atoms with Crippen LogP contribution >= 0.6 is 15.9 Å². The number of benzene rings is 1. The highest BCUT2D eigenvalue weighted by Gasteiger charge is 2.07. The van der Waals surface area contributed by atoms with Gasteiger partial charge in [-0.05, 0) is 23.8 Å². The molecule has 1 rings (SSSR count). The lowest BCUT2D eigenvalue weighted by molar-refractivity contribution is 0.0998. The molecule has 0 radical (unpaired) electrons. The van der Waals surface area contributed by atoms with Gasteiger partial charge in [-0.3, -0.25) is 4.79 Å². The molecule has 0 unspecified atom stereocenters. The molecule has 0 aliphatic heterocycles. The fourth-order valence-corrected chi connectivity index (χ4v) is 1.32. The minimum absolute atomic E-state index is 0.237. The lowest BCUT2D eigenvalue weighted by Crippen LogP contribution is -2.13. The first-order valence-electron chi connectivity index (χ1n) is 3.29. The molecule has 12 heavy (non-hydrogen) atoms. The van der Waals surface area contributed by atoms with Crippen molar-refractivity contribution in [3.63, 3.8) is 0 Å². The predicted octanol–water partition coefficient (Wildman–Crippen LogP) is 2.02. The van der Waals surface area contributed by atoms with Crippen LogP contribution < -0.4 is 5.73 Å². The van der Waals surface area contributed by atoms with Crippen LogP contribution in [0.3, 0.4) is 0 Å². The van der Waals surface area contributed by atoms with Gasteiger partial charge in [-0.25, -0.2) is 4.39 Å². The van der Waals surface area contributed by atoms with Crippen molar-refractivity contribution in [3.05, 3.63) is 33.8 Å². The van der Waals surface area contributed by atoms with E-state index in [9.17, 15) is 9.18 Å². The van der Waals surface area contributed by atoms with Crippen molar-refractivity contribution in [1.82, 2.24) is 0 Å². The number of primary amides is 1. The van der Waals surface area contributed by atoms with Crippen LogP contribution in [0.5, 0.6) is 0 Å². The molecular formula is C8H7BrFNO. The van der Waals surface area contributed by atoms with Crippen LogP contribution in [-0.2, 0) is 6.67 Å². The number of rotatable bonds is 2. The summed E-state index contributed by atoms with van der Waals surface area (Å²) in [5.74, 6) is -0.602. The fourth-order valence-electron chi connectivity index (χ4n) is 0.913. The van der Waals surface area contributed by atoms with E-state index in [2.05, 4.69) is 15.9 Å². The molecule has 0 aromatic heterocycles. The number of alkyl halides is 1. The zero-order valence-electron chi connectivity index (χ0n) is 6.18. The van der Waals surface area contributed by atoms with Crippen LogP contribution in [0, 0.1) is 0 Å². The number of carbonyl (C=O) groups excluding carboxylic acids is 1. The van der Waals surface area contributed by atoms with Crippen molar-refractivity contribution >= 4 is 21.8 Å². The van der Waals surface area contributed by atoms with Crippen LogP contribution in [0.1, 0.15) is 15.9 Å². The Kier molecular flexibility index (Phi) is 2.81. The zero-order valence-corrected chi connectivity index (χ0v) is 7.77. The van der Waals surface area contributed by atoms with Crippen LogP contribution in [0.4, 0.5) is 4.39 Å². The maximum absolute atomic E-state index is 12.3. The maximum Gasteiger partial charge on any atom is 0.249 e. The first-order chi connectivity index (χ1) is 5.65. The van der Waals surface area contributed by atoms with Gasteiger partial charge in [0.05, 0.1) is 0 Å². The van der Waals surface area contributed by atoms with E-state index in [0.29, 0.717) is 5.56 Å². The highest BCUT2D eigenvalue weighted by atomic mass is 79.9. The largest absolute Gasteiger partial charge is 0.366 e. The van der Waals surface area contributed by atoms with Crippen LogP contribution in [0.25, 0.3) is 0 Å². The second-order valence-electron chi connectivity index (χ2n) is 2.30. The number of hydrogen-bond donors (Lipinski definition) is 1. The average molecular weight is 232 g/mol. The van der Waals surface area contributed by atoms with E-state index in [1.807, 2.05) is 0 Å². The van der Waals surface area contributed by atoms with Gasteiger partial charge in [0, 0.05) is 10.0 Å². The van der Waals surface area contributed by atoms with Gasteiger partial charge in [-0.15, -0.1) is 0 Å². The number of amides is 1. The molecule has 0 aliphatic rings. The van der Waals surface area contributed by atoms with Crippen molar-refractivity contribution in [3.8, 4) is 0 Å². The minimum atomic E-state index is -0.683. The summed E-state index contributed by atoms with van der Waals surface area (Å²) in [5.41, 5.74) is 5.57. The molecule has 0 aliphatic carbocycles. The second kappa shape index (κ2) is 3.67. The number of halogens is 2. The van der Waals surface area contributed by atoms with Gasteiger partial charge >= 0.3 is 0 Å². The lowest BCUT2D eigenvalue weighted by atomic mass is 10.1. The minimum Gasteiger partial charge on any atom is -0.366 e. The molecule has 0 bridgehead atoms. The van der Waals surface area contributed by atoms with Gasteiger partial charge in [-0.2, -0.15) is 0 Å². The topological polar surface area (TPSA) is 43.1 Å². The van der Waals surface area contributed by atoms with Crippen molar-refractivity contribution in [2.24, 2.45) is 5.73 Å². The first-order valence-corrected chi connectivity index (χ1v) is 4.08. The molecule has 0 fully saturated rings. The summed E-state index contributed by atoms with van der Waals surface area (Å²) in [6.07, 6.45) is 0. The zero-order chi connectivity index (χ0) is 9.14. The summed E-state index contributed by atoms with van der Waals surface area (Å²) in [6.45, 7) is -0.683. The average Bonchev–Trinajstić information content (AvgIpc) is 2.03. The Labute approximate surface area is 77.7 Å². The van der Waals surface area contributed by atoms with Gasteiger partial charge in [-0.1, -0.05) is 15.9 Å². The summed E-state index contributed by atoms with van der Waals surface area (Å²) in [6, 6.07) is 4.70. The quantitative estimate of drug-likeness (QED) is 0.832.